The summed E-state index contributed by atoms with van der Waals surface area (Å²) in [5, 5.41) is 11.2. The third kappa shape index (κ3) is 4.12. The van der Waals surface area contributed by atoms with Crippen molar-refractivity contribution in [2.24, 2.45) is 0 Å². The van der Waals surface area contributed by atoms with E-state index < -0.39 is 22.8 Å². The zero-order chi connectivity index (χ0) is 20.1. The molecule has 3 aromatic rings. The predicted octanol–water partition coefficient (Wildman–Crippen LogP) is 4.68. The molecule has 3 rings (SSSR count). The summed E-state index contributed by atoms with van der Waals surface area (Å²) in [5.41, 5.74) is 1.28. The number of nitrogens with zero attached hydrogens (tertiary/aromatic N) is 1. The molecule has 0 spiro atoms. The van der Waals surface area contributed by atoms with Gasteiger partial charge in [0.15, 0.2) is 6.10 Å². The summed E-state index contributed by atoms with van der Waals surface area (Å²) < 4.78 is 5.47. The zero-order valence-corrected chi connectivity index (χ0v) is 15.1. The van der Waals surface area contributed by atoms with Crippen LogP contribution in [0, 0.1) is 17.0 Å². The van der Waals surface area contributed by atoms with E-state index in [0.29, 0.717) is 11.1 Å². The van der Waals surface area contributed by atoms with Gasteiger partial charge in [0, 0.05) is 17.2 Å². The summed E-state index contributed by atoms with van der Waals surface area (Å²) in [6.07, 6.45) is -1.21. The largest absolute Gasteiger partial charge is 0.445 e. The number of ether oxygens (including phenoxy) is 1. The summed E-state index contributed by atoms with van der Waals surface area (Å²) in [4.78, 5) is 36.2. The van der Waals surface area contributed by atoms with Crippen LogP contribution in [0.25, 0.3) is 0 Å². The monoisotopic (exact) mass is 375 g/mol. The van der Waals surface area contributed by atoms with E-state index in [2.05, 4.69) is 0 Å². The lowest BCUT2D eigenvalue weighted by Gasteiger charge is -2.17. The van der Waals surface area contributed by atoms with Crippen molar-refractivity contribution in [3.05, 3.63) is 111 Å². The summed E-state index contributed by atoms with van der Waals surface area (Å²) in [5.74, 6) is -1.33. The summed E-state index contributed by atoms with van der Waals surface area (Å²) in [6.45, 7) is 1.90. The van der Waals surface area contributed by atoms with Gasteiger partial charge in [-0.05, 0) is 13.0 Å². The maximum absolute atomic E-state index is 13.0. The van der Waals surface area contributed by atoms with E-state index in [-0.39, 0.29) is 11.3 Å². The average molecular weight is 375 g/mol. The second-order valence-corrected chi connectivity index (χ2v) is 6.20. The molecule has 28 heavy (non-hydrogen) atoms. The number of nitro groups is 1. The SMILES string of the molecule is Cc1ccc(C(=O)[C@@H](OC(=O)c2ccccc2[N+](=O)[O-])c2ccccc2)cc1. The Morgan fingerprint density at radius 2 is 1.50 bits per heavy atom. The second-order valence-electron chi connectivity index (χ2n) is 6.20. The quantitative estimate of drug-likeness (QED) is 0.270. The van der Waals surface area contributed by atoms with Crippen molar-refractivity contribution >= 4 is 17.4 Å². The lowest BCUT2D eigenvalue weighted by molar-refractivity contribution is -0.385. The number of carbonyl (C=O) groups is 2. The van der Waals surface area contributed by atoms with E-state index in [1.165, 1.54) is 24.3 Å². The Labute approximate surface area is 161 Å². The first-order chi connectivity index (χ1) is 13.5. The highest BCUT2D eigenvalue weighted by atomic mass is 16.6. The van der Waals surface area contributed by atoms with Crippen molar-refractivity contribution in [3.8, 4) is 0 Å². The van der Waals surface area contributed by atoms with Gasteiger partial charge in [-0.25, -0.2) is 4.79 Å². The lowest BCUT2D eigenvalue weighted by Crippen LogP contribution is -2.21. The number of aryl methyl sites for hydroxylation is 1. The van der Waals surface area contributed by atoms with Gasteiger partial charge in [-0.1, -0.05) is 72.3 Å². The Bertz CT molecular complexity index is 1010. The molecule has 0 heterocycles. The molecule has 0 bridgehead atoms. The van der Waals surface area contributed by atoms with Crippen LogP contribution in [-0.2, 0) is 4.74 Å². The number of nitro benzene ring substituents is 1. The first kappa shape index (κ1) is 19.0. The molecule has 0 aliphatic carbocycles. The summed E-state index contributed by atoms with van der Waals surface area (Å²) in [7, 11) is 0. The maximum Gasteiger partial charge on any atom is 0.346 e. The molecule has 3 aromatic carbocycles. The van der Waals surface area contributed by atoms with Crippen LogP contribution in [0.15, 0.2) is 78.9 Å². The molecule has 6 heteroatoms. The molecular formula is C22H17NO5. The highest BCUT2D eigenvalue weighted by Crippen LogP contribution is 2.26. The second kappa shape index (κ2) is 8.26. The van der Waals surface area contributed by atoms with Gasteiger partial charge >= 0.3 is 5.97 Å². The van der Waals surface area contributed by atoms with Crippen molar-refractivity contribution in [1.29, 1.82) is 0 Å². The minimum absolute atomic E-state index is 0.204. The van der Waals surface area contributed by atoms with Crippen molar-refractivity contribution < 1.29 is 19.2 Å². The predicted molar refractivity (Wildman–Crippen MR) is 103 cm³/mol. The maximum atomic E-state index is 13.0. The first-order valence-corrected chi connectivity index (χ1v) is 8.57. The number of rotatable bonds is 6. The number of hydrogen-bond donors (Lipinski definition) is 0. The first-order valence-electron chi connectivity index (χ1n) is 8.57. The van der Waals surface area contributed by atoms with Crippen LogP contribution in [0.2, 0.25) is 0 Å². The summed E-state index contributed by atoms with van der Waals surface area (Å²) >= 11 is 0. The Kier molecular flexibility index (Phi) is 5.60. The highest BCUT2D eigenvalue weighted by molar-refractivity contribution is 6.02. The smallest absolute Gasteiger partial charge is 0.346 e. The fraction of sp³-hybridized carbons (Fsp3) is 0.0909. The molecular weight excluding hydrogens is 358 g/mol. The van der Waals surface area contributed by atoms with Crippen LogP contribution in [0.3, 0.4) is 0 Å². The van der Waals surface area contributed by atoms with Gasteiger partial charge in [-0.2, -0.15) is 0 Å². The van der Waals surface area contributed by atoms with Crippen molar-refractivity contribution in [1.82, 2.24) is 0 Å². The van der Waals surface area contributed by atoms with E-state index in [0.717, 1.165) is 5.56 Å². The van der Waals surface area contributed by atoms with Crippen LogP contribution in [0.1, 0.15) is 37.9 Å². The fourth-order valence-corrected chi connectivity index (χ4v) is 2.75. The number of hydrogen-bond acceptors (Lipinski definition) is 5. The van der Waals surface area contributed by atoms with Crippen LogP contribution in [0.5, 0.6) is 0 Å². The van der Waals surface area contributed by atoms with Gasteiger partial charge in [0.2, 0.25) is 5.78 Å². The third-order valence-electron chi connectivity index (χ3n) is 4.22. The van der Waals surface area contributed by atoms with E-state index in [9.17, 15) is 19.7 Å². The number of benzene rings is 3. The Morgan fingerprint density at radius 1 is 0.893 bits per heavy atom. The van der Waals surface area contributed by atoms with Crippen LogP contribution < -0.4 is 0 Å². The van der Waals surface area contributed by atoms with Crippen molar-refractivity contribution in [2.45, 2.75) is 13.0 Å². The van der Waals surface area contributed by atoms with Gasteiger partial charge in [-0.3, -0.25) is 14.9 Å². The Hall–Kier alpha value is -3.80. The minimum Gasteiger partial charge on any atom is -0.445 e. The van der Waals surface area contributed by atoms with Crippen molar-refractivity contribution in [2.75, 3.05) is 0 Å². The van der Waals surface area contributed by atoms with E-state index >= 15 is 0 Å². The molecule has 0 amide bonds. The normalized spacial score (nSPS) is 11.5. The Balaban J connectivity index is 1.97. The molecule has 0 aromatic heterocycles. The number of ketones is 1. The van der Waals surface area contributed by atoms with Crippen LogP contribution in [-0.4, -0.2) is 16.7 Å². The number of Topliss-reactive ketones (excluding diaryl/α,β-unsaturated/α-hetero) is 1. The van der Waals surface area contributed by atoms with Gasteiger partial charge in [0.1, 0.15) is 5.56 Å². The van der Waals surface area contributed by atoms with E-state index in [4.69, 9.17) is 4.74 Å². The number of carbonyl (C=O) groups excluding carboxylic acids is 2. The highest BCUT2D eigenvalue weighted by Gasteiger charge is 2.29. The molecule has 0 saturated heterocycles. The number of para-hydroxylation sites is 1. The molecule has 0 fully saturated rings. The molecule has 6 nitrogen and oxygen atoms in total. The van der Waals surface area contributed by atoms with Gasteiger partial charge < -0.3 is 4.74 Å². The van der Waals surface area contributed by atoms with Gasteiger partial charge in [0.25, 0.3) is 5.69 Å². The molecule has 0 aliphatic rings. The van der Waals surface area contributed by atoms with E-state index in [1.807, 2.05) is 6.92 Å². The standard InChI is InChI=1S/C22H17NO5/c1-15-11-13-16(14-12-15)20(24)21(17-7-3-2-4-8-17)28-22(25)18-9-5-6-10-19(18)23(26)27/h2-14,21H,1H3/t21-/m0/s1. The van der Waals surface area contributed by atoms with Crippen LogP contribution in [0.4, 0.5) is 5.69 Å². The van der Waals surface area contributed by atoms with E-state index in [1.54, 1.807) is 54.6 Å². The molecule has 0 N–H and O–H groups in total. The third-order valence-corrected chi connectivity index (χ3v) is 4.22. The molecule has 0 radical (unpaired) electrons. The molecule has 0 saturated carbocycles. The Morgan fingerprint density at radius 3 is 2.14 bits per heavy atom. The van der Waals surface area contributed by atoms with Crippen LogP contribution >= 0.6 is 0 Å². The molecule has 0 unspecified atom stereocenters. The molecule has 0 aliphatic heterocycles. The topological polar surface area (TPSA) is 86.5 Å². The molecule has 1 atom stereocenters. The summed E-state index contributed by atoms with van der Waals surface area (Å²) in [6, 6.07) is 21.0. The lowest BCUT2D eigenvalue weighted by atomic mass is 9.99. The number of esters is 1. The van der Waals surface area contributed by atoms with Gasteiger partial charge in [-0.15, -0.1) is 0 Å². The zero-order valence-electron chi connectivity index (χ0n) is 15.1. The average Bonchev–Trinajstić information content (AvgIpc) is 2.72. The van der Waals surface area contributed by atoms with Gasteiger partial charge in [0.05, 0.1) is 4.92 Å². The van der Waals surface area contributed by atoms with Crippen molar-refractivity contribution in [3.63, 3.8) is 0 Å². The minimum atomic E-state index is -1.21. The fourth-order valence-electron chi connectivity index (χ4n) is 2.75. The molecule has 140 valence electrons.